The van der Waals surface area contributed by atoms with Crippen LogP contribution in [0.25, 0.3) is 0 Å². The van der Waals surface area contributed by atoms with Crippen LogP contribution in [0.15, 0.2) is 5.38 Å². The fourth-order valence-electron chi connectivity index (χ4n) is 1.75. The lowest BCUT2D eigenvalue weighted by Crippen LogP contribution is -2.55. The second-order valence-electron chi connectivity index (χ2n) is 4.36. The third-order valence-electron chi connectivity index (χ3n) is 2.80. The Labute approximate surface area is 118 Å². The molecule has 1 aromatic rings. The van der Waals surface area contributed by atoms with Crippen molar-refractivity contribution in [2.45, 2.75) is 18.9 Å². The Morgan fingerprint density at radius 2 is 2.25 bits per heavy atom. The maximum atomic E-state index is 12.0. The highest BCUT2D eigenvalue weighted by Crippen LogP contribution is 2.21. The number of rotatable bonds is 4. The van der Waals surface area contributed by atoms with E-state index in [4.69, 9.17) is 4.74 Å². The van der Waals surface area contributed by atoms with Gasteiger partial charge in [-0.15, -0.1) is 11.3 Å². The van der Waals surface area contributed by atoms with Gasteiger partial charge in [-0.3, -0.25) is 9.59 Å². The Balaban J connectivity index is 2.09. The third kappa shape index (κ3) is 2.94. The minimum atomic E-state index is -1.41. The summed E-state index contributed by atoms with van der Waals surface area (Å²) >= 11 is 1.09. The summed E-state index contributed by atoms with van der Waals surface area (Å²) in [6, 6.07) is 0. The summed E-state index contributed by atoms with van der Waals surface area (Å²) in [6.07, 6.45) is 0.205. The van der Waals surface area contributed by atoms with Gasteiger partial charge in [0.1, 0.15) is 5.69 Å². The molecule has 2 rings (SSSR count). The summed E-state index contributed by atoms with van der Waals surface area (Å²) < 4.78 is 5.05. The van der Waals surface area contributed by atoms with Crippen molar-refractivity contribution in [3.05, 3.63) is 11.1 Å². The molecule has 0 aromatic carbocycles. The number of aromatic nitrogens is 1. The molecule has 0 spiro atoms. The first kappa shape index (κ1) is 14.4. The summed E-state index contributed by atoms with van der Waals surface area (Å²) in [5.74, 6) is -2.04. The predicted molar refractivity (Wildman–Crippen MR) is 69.7 cm³/mol. The Hall–Kier alpha value is -2.00. The molecular weight excluding hydrogens is 286 g/mol. The standard InChI is InChI=1S/C11H13N3O5S/c1-6(15)12-10-13-7(4-20-10)8(16)14-11(9(17)18)2-3-19-5-11/h4H,2-3,5H2,1H3,(H,14,16)(H,17,18)(H,12,13,15). The number of carboxylic acids is 1. The minimum absolute atomic E-state index is 0.0614. The van der Waals surface area contributed by atoms with E-state index in [9.17, 15) is 19.5 Å². The largest absolute Gasteiger partial charge is 0.479 e. The van der Waals surface area contributed by atoms with E-state index in [2.05, 4.69) is 15.6 Å². The Kier molecular flexibility index (Phi) is 4.00. The first-order valence-corrected chi connectivity index (χ1v) is 6.68. The lowest BCUT2D eigenvalue weighted by atomic mass is 9.99. The number of nitrogens with one attached hydrogen (secondary N) is 2. The lowest BCUT2D eigenvalue weighted by molar-refractivity contribution is -0.144. The van der Waals surface area contributed by atoms with Crippen LogP contribution in [0.1, 0.15) is 23.8 Å². The molecule has 1 fully saturated rings. The fourth-order valence-corrected chi connectivity index (χ4v) is 2.49. The van der Waals surface area contributed by atoms with Crippen molar-refractivity contribution in [3.63, 3.8) is 0 Å². The number of aliphatic carboxylic acids is 1. The molecule has 20 heavy (non-hydrogen) atoms. The van der Waals surface area contributed by atoms with Crippen molar-refractivity contribution < 1.29 is 24.2 Å². The molecule has 8 nitrogen and oxygen atoms in total. The average Bonchev–Trinajstić information content (AvgIpc) is 2.98. The number of carbonyl (C=O) groups excluding carboxylic acids is 2. The van der Waals surface area contributed by atoms with Crippen LogP contribution in [-0.2, 0) is 14.3 Å². The molecule has 1 aliphatic heterocycles. The van der Waals surface area contributed by atoms with Crippen molar-refractivity contribution in [2.75, 3.05) is 18.5 Å². The van der Waals surface area contributed by atoms with Crippen LogP contribution in [0.3, 0.4) is 0 Å². The van der Waals surface area contributed by atoms with Gasteiger partial charge in [0.05, 0.1) is 6.61 Å². The number of amides is 2. The van der Waals surface area contributed by atoms with E-state index in [0.717, 1.165) is 11.3 Å². The highest BCUT2D eigenvalue weighted by atomic mass is 32.1. The zero-order valence-corrected chi connectivity index (χ0v) is 11.5. The van der Waals surface area contributed by atoms with E-state index in [0.29, 0.717) is 0 Å². The van der Waals surface area contributed by atoms with Gasteiger partial charge in [0.2, 0.25) is 5.91 Å². The van der Waals surface area contributed by atoms with Gasteiger partial charge in [0.15, 0.2) is 10.7 Å². The zero-order chi connectivity index (χ0) is 14.8. The number of nitrogens with zero attached hydrogens (tertiary/aromatic N) is 1. The summed E-state index contributed by atoms with van der Waals surface area (Å²) in [7, 11) is 0. The van der Waals surface area contributed by atoms with Crippen LogP contribution in [0.2, 0.25) is 0 Å². The lowest BCUT2D eigenvalue weighted by Gasteiger charge is -2.22. The van der Waals surface area contributed by atoms with Crippen LogP contribution < -0.4 is 10.6 Å². The summed E-state index contributed by atoms with van der Waals surface area (Å²) in [4.78, 5) is 38.1. The van der Waals surface area contributed by atoms with Crippen LogP contribution >= 0.6 is 11.3 Å². The SMILES string of the molecule is CC(=O)Nc1nc(C(=O)NC2(C(=O)O)CCOC2)cs1. The Morgan fingerprint density at radius 3 is 2.80 bits per heavy atom. The number of hydrogen-bond acceptors (Lipinski definition) is 6. The maximum Gasteiger partial charge on any atom is 0.331 e. The monoisotopic (exact) mass is 299 g/mol. The number of thiazole rings is 1. The first-order valence-electron chi connectivity index (χ1n) is 5.80. The van der Waals surface area contributed by atoms with Crippen molar-refractivity contribution in [2.24, 2.45) is 0 Å². The molecule has 1 aliphatic rings. The van der Waals surface area contributed by atoms with Gasteiger partial charge in [0.25, 0.3) is 5.91 Å². The average molecular weight is 299 g/mol. The van der Waals surface area contributed by atoms with Crippen molar-refractivity contribution in [1.82, 2.24) is 10.3 Å². The molecule has 1 aromatic heterocycles. The highest BCUT2D eigenvalue weighted by molar-refractivity contribution is 7.14. The maximum absolute atomic E-state index is 12.0. The van der Waals surface area contributed by atoms with E-state index < -0.39 is 17.4 Å². The summed E-state index contributed by atoms with van der Waals surface area (Å²) in [5, 5.41) is 15.8. The normalized spacial score (nSPS) is 21.4. The topological polar surface area (TPSA) is 118 Å². The zero-order valence-electron chi connectivity index (χ0n) is 10.6. The Bertz CT molecular complexity index is 550. The molecule has 1 unspecified atom stereocenters. The van der Waals surface area contributed by atoms with E-state index >= 15 is 0 Å². The number of ether oxygens (including phenoxy) is 1. The number of carbonyl (C=O) groups is 3. The quantitative estimate of drug-likeness (QED) is 0.724. The minimum Gasteiger partial charge on any atom is -0.479 e. The molecule has 0 saturated carbocycles. The van der Waals surface area contributed by atoms with Crippen LogP contribution in [-0.4, -0.2) is 46.6 Å². The molecule has 1 saturated heterocycles. The molecule has 9 heteroatoms. The summed E-state index contributed by atoms with van der Waals surface area (Å²) in [5.41, 5.74) is -1.35. The smallest absolute Gasteiger partial charge is 0.331 e. The molecule has 2 amide bonds. The second-order valence-corrected chi connectivity index (χ2v) is 5.22. The van der Waals surface area contributed by atoms with Gasteiger partial charge in [-0.05, 0) is 0 Å². The van der Waals surface area contributed by atoms with Crippen LogP contribution in [0.4, 0.5) is 5.13 Å². The third-order valence-corrected chi connectivity index (χ3v) is 3.56. The van der Waals surface area contributed by atoms with Crippen LogP contribution in [0, 0.1) is 0 Å². The van der Waals surface area contributed by atoms with Gasteiger partial charge in [-0.1, -0.05) is 0 Å². The van der Waals surface area contributed by atoms with Gasteiger partial charge >= 0.3 is 5.97 Å². The van der Waals surface area contributed by atoms with E-state index in [1.807, 2.05) is 0 Å². The van der Waals surface area contributed by atoms with Crippen molar-refractivity contribution in [3.8, 4) is 0 Å². The number of anilines is 1. The molecule has 3 N–H and O–H groups in total. The predicted octanol–water partition coefficient (Wildman–Crippen LogP) is 0.0750. The summed E-state index contributed by atoms with van der Waals surface area (Å²) in [6.45, 7) is 1.54. The van der Waals surface area contributed by atoms with Crippen LogP contribution in [0.5, 0.6) is 0 Å². The van der Waals surface area contributed by atoms with Gasteiger partial charge in [0, 0.05) is 25.3 Å². The second kappa shape index (κ2) is 5.55. The molecule has 1 atom stereocenters. The van der Waals surface area contributed by atoms with Crippen molar-refractivity contribution >= 4 is 34.3 Å². The highest BCUT2D eigenvalue weighted by Gasteiger charge is 2.44. The molecular formula is C11H13N3O5S. The fraction of sp³-hybridized carbons (Fsp3) is 0.455. The molecule has 0 radical (unpaired) electrons. The van der Waals surface area contributed by atoms with E-state index in [1.165, 1.54) is 12.3 Å². The van der Waals surface area contributed by atoms with Crippen molar-refractivity contribution in [1.29, 1.82) is 0 Å². The molecule has 0 bridgehead atoms. The van der Waals surface area contributed by atoms with E-state index in [1.54, 1.807) is 0 Å². The van der Waals surface area contributed by atoms with Gasteiger partial charge in [-0.2, -0.15) is 0 Å². The number of hydrogen-bond donors (Lipinski definition) is 3. The molecule has 108 valence electrons. The van der Waals surface area contributed by atoms with Gasteiger partial charge in [-0.25, -0.2) is 9.78 Å². The van der Waals surface area contributed by atoms with E-state index in [-0.39, 0.29) is 36.4 Å². The number of carboxylic acid groups (broad SMARTS) is 1. The Morgan fingerprint density at radius 1 is 1.50 bits per heavy atom. The first-order chi connectivity index (χ1) is 9.43. The molecule has 0 aliphatic carbocycles. The molecule has 2 heterocycles. The van der Waals surface area contributed by atoms with Gasteiger partial charge < -0.3 is 20.5 Å².